The van der Waals surface area contributed by atoms with E-state index in [1.54, 1.807) is 22.7 Å². The number of halogens is 3. The SMILES string of the molecule is CC(=O)c1ccc2nc(-c3n[nH]c(C(F)(F)F)n3)c(-c3cnc[nH]3)n2c1. The normalized spacial score (nSPS) is 12.0. The molecule has 0 bridgehead atoms. The smallest absolute Gasteiger partial charge is 0.343 e. The van der Waals surface area contributed by atoms with Crippen molar-refractivity contribution in [1.82, 2.24) is 34.5 Å². The van der Waals surface area contributed by atoms with Crippen molar-refractivity contribution < 1.29 is 18.0 Å². The lowest BCUT2D eigenvalue weighted by Gasteiger charge is -2.03. The highest BCUT2D eigenvalue weighted by Gasteiger charge is 2.36. The summed E-state index contributed by atoms with van der Waals surface area (Å²) in [6.45, 7) is 1.42. The number of nitrogens with zero attached hydrogens (tertiary/aromatic N) is 5. The van der Waals surface area contributed by atoms with E-state index in [2.05, 4.69) is 25.0 Å². The summed E-state index contributed by atoms with van der Waals surface area (Å²) in [5, 5.41) is 5.52. The number of Topliss-reactive ketones (excluding diaryl/α,β-unsaturated/α-hetero) is 1. The zero-order chi connectivity index (χ0) is 18.5. The summed E-state index contributed by atoms with van der Waals surface area (Å²) >= 11 is 0. The van der Waals surface area contributed by atoms with Crippen LogP contribution < -0.4 is 0 Å². The number of aromatic amines is 2. The van der Waals surface area contributed by atoms with Crippen LogP contribution in [-0.2, 0) is 6.18 Å². The summed E-state index contributed by atoms with van der Waals surface area (Å²) in [6, 6.07) is 3.18. The molecule has 8 nitrogen and oxygen atoms in total. The van der Waals surface area contributed by atoms with Crippen molar-refractivity contribution in [2.24, 2.45) is 0 Å². The van der Waals surface area contributed by atoms with E-state index in [1.807, 2.05) is 5.10 Å². The third kappa shape index (κ3) is 2.53. The van der Waals surface area contributed by atoms with E-state index in [4.69, 9.17) is 0 Å². The van der Waals surface area contributed by atoms with Crippen LogP contribution >= 0.6 is 0 Å². The van der Waals surface area contributed by atoms with Crippen molar-refractivity contribution >= 4 is 11.4 Å². The Bertz CT molecular complexity index is 1110. The summed E-state index contributed by atoms with van der Waals surface area (Å²) in [4.78, 5) is 26.3. The average molecular weight is 361 g/mol. The molecule has 0 aliphatic carbocycles. The van der Waals surface area contributed by atoms with E-state index in [0.717, 1.165) is 0 Å². The van der Waals surface area contributed by atoms with Gasteiger partial charge in [-0.2, -0.15) is 18.3 Å². The average Bonchev–Trinajstić information content (AvgIpc) is 3.31. The molecule has 0 radical (unpaired) electrons. The van der Waals surface area contributed by atoms with Gasteiger partial charge in [0.05, 0.1) is 18.2 Å². The molecule has 132 valence electrons. The van der Waals surface area contributed by atoms with Crippen molar-refractivity contribution in [3.05, 3.63) is 42.2 Å². The standard InChI is InChI=1S/C15H10F3N7O/c1-7(26)8-2-3-10-21-11(13-22-14(24-23-13)15(16,17)18)12(25(10)5-8)9-4-19-6-20-9/h2-6H,1H3,(H,19,20)(H,22,23,24). The molecule has 4 aromatic heterocycles. The number of alkyl halides is 3. The van der Waals surface area contributed by atoms with E-state index in [9.17, 15) is 18.0 Å². The maximum absolute atomic E-state index is 12.8. The van der Waals surface area contributed by atoms with Crippen LogP contribution in [0.25, 0.3) is 28.6 Å². The molecule has 26 heavy (non-hydrogen) atoms. The summed E-state index contributed by atoms with van der Waals surface area (Å²) in [5.74, 6) is -1.59. The van der Waals surface area contributed by atoms with Gasteiger partial charge in [0.25, 0.3) is 0 Å². The topological polar surface area (TPSA) is 105 Å². The molecule has 0 spiro atoms. The van der Waals surface area contributed by atoms with Crippen LogP contribution in [0.15, 0.2) is 30.9 Å². The number of H-pyrrole nitrogens is 2. The molecule has 0 aliphatic heterocycles. The van der Waals surface area contributed by atoms with E-state index < -0.39 is 12.0 Å². The fourth-order valence-corrected chi connectivity index (χ4v) is 2.55. The highest BCUT2D eigenvalue weighted by molar-refractivity contribution is 5.94. The predicted molar refractivity (Wildman–Crippen MR) is 83.2 cm³/mol. The quantitative estimate of drug-likeness (QED) is 0.546. The number of aromatic nitrogens is 7. The zero-order valence-electron chi connectivity index (χ0n) is 13.2. The van der Waals surface area contributed by atoms with Crippen LogP contribution in [0.2, 0.25) is 0 Å². The van der Waals surface area contributed by atoms with E-state index in [0.29, 0.717) is 22.6 Å². The van der Waals surface area contributed by atoms with Gasteiger partial charge in [-0.15, -0.1) is 0 Å². The Hall–Kier alpha value is -3.50. The molecule has 0 amide bonds. The fraction of sp³-hybridized carbons (Fsp3) is 0.133. The molecule has 0 unspecified atom stereocenters. The number of imidazole rings is 2. The Balaban J connectivity index is 1.98. The first kappa shape index (κ1) is 16.0. The minimum absolute atomic E-state index is 0.127. The number of carbonyl (C=O) groups excluding carboxylic acids is 1. The van der Waals surface area contributed by atoms with Crippen LogP contribution in [-0.4, -0.2) is 40.3 Å². The van der Waals surface area contributed by atoms with Gasteiger partial charge in [0, 0.05) is 11.8 Å². The van der Waals surface area contributed by atoms with E-state index >= 15 is 0 Å². The second-order valence-corrected chi connectivity index (χ2v) is 5.48. The Morgan fingerprint density at radius 1 is 1.23 bits per heavy atom. The molecular formula is C15H10F3N7O. The lowest BCUT2D eigenvalue weighted by atomic mass is 10.2. The number of hydrogen-bond donors (Lipinski definition) is 2. The van der Waals surface area contributed by atoms with Gasteiger partial charge in [0.1, 0.15) is 17.0 Å². The first-order valence-electron chi connectivity index (χ1n) is 7.36. The van der Waals surface area contributed by atoms with Crippen molar-refractivity contribution in [3.63, 3.8) is 0 Å². The lowest BCUT2D eigenvalue weighted by Crippen LogP contribution is -2.07. The number of ketones is 1. The second kappa shape index (κ2) is 5.51. The molecule has 0 saturated carbocycles. The monoisotopic (exact) mass is 361 g/mol. The number of rotatable bonds is 3. The highest BCUT2D eigenvalue weighted by Crippen LogP contribution is 2.32. The molecule has 0 aliphatic rings. The van der Waals surface area contributed by atoms with Crippen LogP contribution in [0.4, 0.5) is 13.2 Å². The first-order chi connectivity index (χ1) is 12.3. The van der Waals surface area contributed by atoms with Crippen LogP contribution in [0, 0.1) is 0 Å². The maximum atomic E-state index is 12.8. The molecule has 0 atom stereocenters. The largest absolute Gasteiger partial charge is 0.451 e. The number of carbonyl (C=O) groups is 1. The van der Waals surface area contributed by atoms with Crippen LogP contribution in [0.5, 0.6) is 0 Å². The first-order valence-corrected chi connectivity index (χ1v) is 7.36. The molecule has 2 N–H and O–H groups in total. The molecule has 11 heteroatoms. The van der Waals surface area contributed by atoms with Crippen molar-refractivity contribution in [2.75, 3.05) is 0 Å². The Morgan fingerprint density at radius 3 is 2.65 bits per heavy atom. The third-order valence-corrected chi connectivity index (χ3v) is 3.74. The summed E-state index contributed by atoms with van der Waals surface area (Å²) < 4.78 is 40.1. The molecular weight excluding hydrogens is 351 g/mol. The number of nitrogens with one attached hydrogen (secondary N) is 2. The Kier molecular flexibility index (Phi) is 3.39. The highest BCUT2D eigenvalue weighted by atomic mass is 19.4. The summed E-state index contributed by atoms with van der Waals surface area (Å²) in [6.07, 6.45) is -0.181. The van der Waals surface area contributed by atoms with Crippen molar-refractivity contribution in [3.8, 4) is 22.9 Å². The second-order valence-electron chi connectivity index (χ2n) is 5.48. The molecule has 4 heterocycles. The molecule has 0 aromatic carbocycles. The molecule has 4 rings (SSSR count). The Labute approximate surface area is 143 Å². The summed E-state index contributed by atoms with van der Waals surface area (Å²) in [7, 11) is 0. The number of hydrogen-bond acceptors (Lipinski definition) is 5. The predicted octanol–water partition coefficient (Wildman–Crippen LogP) is 2.73. The van der Waals surface area contributed by atoms with Gasteiger partial charge in [-0.1, -0.05) is 0 Å². The van der Waals surface area contributed by atoms with Crippen molar-refractivity contribution in [1.29, 1.82) is 0 Å². The van der Waals surface area contributed by atoms with Gasteiger partial charge < -0.3 is 4.98 Å². The fourth-order valence-electron chi connectivity index (χ4n) is 2.55. The van der Waals surface area contributed by atoms with Crippen LogP contribution in [0.3, 0.4) is 0 Å². The summed E-state index contributed by atoms with van der Waals surface area (Å²) in [5.41, 5.74) is 1.86. The molecule has 0 saturated heterocycles. The van der Waals surface area contributed by atoms with Gasteiger partial charge >= 0.3 is 6.18 Å². The van der Waals surface area contributed by atoms with Crippen molar-refractivity contribution in [2.45, 2.75) is 13.1 Å². The van der Waals surface area contributed by atoms with E-state index in [-0.39, 0.29) is 17.3 Å². The van der Waals surface area contributed by atoms with Gasteiger partial charge in [-0.3, -0.25) is 14.3 Å². The van der Waals surface area contributed by atoms with Gasteiger partial charge in [-0.25, -0.2) is 15.0 Å². The van der Waals surface area contributed by atoms with Gasteiger partial charge in [0.15, 0.2) is 5.78 Å². The van der Waals surface area contributed by atoms with Gasteiger partial charge in [-0.05, 0) is 19.1 Å². The zero-order valence-corrected chi connectivity index (χ0v) is 13.2. The number of pyridine rings is 1. The van der Waals surface area contributed by atoms with Crippen LogP contribution in [0.1, 0.15) is 23.1 Å². The minimum Gasteiger partial charge on any atom is -0.343 e. The Morgan fingerprint density at radius 2 is 2.04 bits per heavy atom. The molecule has 0 fully saturated rings. The lowest BCUT2D eigenvalue weighted by molar-refractivity contribution is -0.144. The third-order valence-electron chi connectivity index (χ3n) is 3.74. The maximum Gasteiger partial charge on any atom is 0.451 e. The van der Waals surface area contributed by atoms with Gasteiger partial charge in [0.2, 0.25) is 11.6 Å². The minimum atomic E-state index is -4.65. The molecule has 4 aromatic rings. The van der Waals surface area contributed by atoms with E-state index in [1.165, 1.54) is 19.4 Å². The number of fused-ring (bicyclic) bond motifs is 1.